The van der Waals surface area contributed by atoms with Crippen molar-refractivity contribution in [1.29, 1.82) is 0 Å². The summed E-state index contributed by atoms with van der Waals surface area (Å²) in [6.07, 6.45) is 2.34. The molecular weight excluding hydrogens is 382 g/mol. The van der Waals surface area contributed by atoms with E-state index in [1.165, 1.54) is 13.2 Å². The van der Waals surface area contributed by atoms with Crippen LogP contribution in [0.2, 0.25) is 0 Å². The van der Waals surface area contributed by atoms with Crippen LogP contribution in [0.4, 0.5) is 0 Å². The number of carbonyl (C=O) groups excluding carboxylic acids is 2. The summed E-state index contributed by atoms with van der Waals surface area (Å²) in [6.45, 7) is 4.48. The van der Waals surface area contributed by atoms with Gasteiger partial charge in [-0.15, -0.1) is 0 Å². The van der Waals surface area contributed by atoms with Gasteiger partial charge in [0.05, 0.1) is 19.2 Å². The number of ether oxygens (including phenoxy) is 1. The van der Waals surface area contributed by atoms with Crippen molar-refractivity contribution in [2.45, 2.75) is 33.4 Å². The maximum Gasteiger partial charge on any atom is 0.339 e. The minimum atomic E-state index is -0.451. The molecule has 0 fully saturated rings. The van der Waals surface area contributed by atoms with Crippen molar-refractivity contribution in [3.8, 4) is 0 Å². The monoisotopic (exact) mass is 407 g/mol. The van der Waals surface area contributed by atoms with E-state index in [4.69, 9.17) is 4.74 Å². The molecule has 0 spiro atoms. The van der Waals surface area contributed by atoms with Crippen molar-refractivity contribution in [2.24, 2.45) is 0 Å². The fraction of sp³-hybridized carbons (Fsp3) is 0.261. The number of pyridine rings is 1. The lowest BCUT2D eigenvalue weighted by molar-refractivity contribution is 0.0599. The molecular formula is C23H25N3O4. The largest absolute Gasteiger partial charge is 0.465 e. The fourth-order valence-electron chi connectivity index (χ4n) is 3.35. The van der Waals surface area contributed by atoms with Gasteiger partial charge in [0.25, 0.3) is 11.5 Å². The lowest BCUT2D eigenvalue weighted by Gasteiger charge is -2.08. The third kappa shape index (κ3) is 4.51. The molecule has 2 heterocycles. The van der Waals surface area contributed by atoms with Crippen LogP contribution in [0.3, 0.4) is 0 Å². The predicted molar refractivity (Wildman–Crippen MR) is 114 cm³/mol. The van der Waals surface area contributed by atoms with Gasteiger partial charge in [0.2, 0.25) is 0 Å². The number of aromatic nitrogens is 2. The zero-order valence-electron chi connectivity index (χ0n) is 17.3. The van der Waals surface area contributed by atoms with Gasteiger partial charge >= 0.3 is 5.97 Å². The van der Waals surface area contributed by atoms with E-state index < -0.39 is 5.97 Å². The molecule has 0 aliphatic carbocycles. The molecule has 2 aromatic heterocycles. The van der Waals surface area contributed by atoms with E-state index in [0.717, 1.165) is 11.1 Å². The number of methoxy groups -OCH3 is 1. The Morgan fingerprint density at radius 2 is 1.80 bits per heavy atom. The fourth-order valence-corrected chi connectivity index (χ4v) is 3.35. The Kier molecular flexibility index (Phi) is 6.51. The number of aromatic amines is 1. The van der Waals surface area contributed by atoms with Crippen LogP contribution in [0.25, 0.3) is 0 Å². The molecule has 0 aliphatic rings. The Bertz CT molecular complexity index is 1110. The summed E-state index contributed by atoms with van der Waals surface area (Å²) in [5.41, 5.74) is 3.94. The van der Waals surface area contributed by atoms with E-state index in [1.807, 2.05) is 37.3 Å². The predicted octanol–water partition coefficient (Wildman–Crippen LogP) is 2.81. The van der Waals surface area contributed by atoms with Gasteiger partial charge in [-0.1, -0.05) is 37.3 Å². The molecule has 0 unspecified atom stereocenters. The molecule has 0 atom stereocenters. The van der Waals surface area contributed by atoms with E-state index in [9.17, 15) is 14.4 Å². The first-order valence-corrected chi connectivity index (χ1v) is 9.75. The molecule has 30 heavy (non-hydrogen) atoms. The number of rotatable bonds is 7. The Balaban J connectivity index is 1.66. The maximum atomic E-state index is 12.6. The average molecular weight is 407 g/mol. The topological polar surface area (TPSA) is 93.2 Å². The number of hydrogen-bond donors (Lipinski definition) is 2. The van der Waals surface area contributed by atoms with Crippen LogP contribution in [0.15, 0.2) is 53.5 Å². The highest BCUT2D eigenvalue weighted by atomic mass is 16.5. The summed E-state index contributed by atoms with van der Waals surface area (Å²) in [7, 11) is 1.33. The van der Waals surface area contributed by atoms with Crippen molar-refractivity contribution in [3.63, 3.8) is 0 Å². The minimum Gasteiger partial charge on any atom is -0.465 e. The molecule has 2 N–H and O–H groups in total. The normalized spacial score (nSPS) is 10.6. The first-order chi connectivity index (χ1) is 14.4. The van der Waals surface area contributed by atoms with Crippen molar-refractivity contribution >= 4 is 11.9 Å². The molecule has 0 bridgehead atoms. The van der Waals surface area contributed by atoms with Gasteiger partial charge in [-0.25, -0.2) is 4.79 Å². The number of carbonyl (C=O) groups is 2. The van der Waals surface area contributed by atoms with E-state index in [2.05, 4.69) is 10.3 Å². The van der Waals surface area contributed by atoms with Crippen LogP contribution in [0.5, 0.6) is 0 Å². The number of hydrogen-bond acceptors (Lipinski definition) is 4. The van der Waals surface area contributed by atoms with E-state index >= 15 is 0 Å². The van der Waals surface area contributed by atoms with Crippen LogP contribution >= 0.6 is 0 Å². The van der Waals surface area contributed by atoms with Gasteiger partial charge < -0.3 is 19.6 Å². The highest BCUT2D eigenvalue weighted by Gasteiger charge is 2.23. The summed E-state index contributed by atoms with van der Waals surface area (Å²) in [5, 5.41) is 2.88. The van der Waals surface area contributed by atoms with Crippen molar-refractivity contribution in [1.82, 2.24) is 14.9 Å². The second kappa shape index (κ2) is 9.26. The summed E-state index contributed by atoms with van der Waals surface area (Å²) < 4.78 is 6.47. The van der Waals surface area contributed by atoms with E-state index in [-0.39, 0.29) is 11.5 Å². The zero-order valence-corrected chi connectivity index (χ0v) is 17.3. The van der Waals surface area contributed by atoms with Gasteiger partial charge in [0.15, 0.2) is 0 Å². The van der Waals surface area contributed by atoms with Gasteiger partial charge in [-0.3, -0.25) is 9.59 Å². The van der Waals surface area contributed by atoms with Gasteiger partial charge in [-0.05, 0) is 36.1 Å². The van der Waals surface area contributed by atoms with Crippen LogP contribution in [0.1, 0.15) is 50.2 Å². The summed E-state index contributed by atoms with van der Waals surface area (Å²) in [4.78, 5) is 39.5. The summed E-state index contributed by atoms with van der Waals surface area (Å²) in [6, 6.07) is 12.8. The Morgan fingerprint density at radius 3 is 2.43 bits per heavy atom. The third-order valence-electron chi connectivity index (χ3n) is 5.03. The summed E-state index contributed by atoms with van der Waals surface area (Å²) >= 11 is 0. The highest BCUT2D eigenvalue weighted by Crippen LogP contribution is 2.20. The standard InChI is InChI=1S/C23H25N3O4/c1-4-18-20(23(29)30-3)15(2)21(25-18)22(28)24-13-16-8-10-17(11-9-16)14-26-12-6-5-7-19(26)27/h5-12,25H,4,13-14H2,1-3H3,(H,24,28). The molecule has 7 nitrogen and oxygen atoms in total. The molecule has 1 aromatic carbocycles. The quantitative estimate of drug-likeness (QED) is 0.589. The van der Waals surface area contributed by atoms with Crippen LogP contribution in [0, 0.1) is 6.92 Å². The number of esters is 1. The average Bonchev–Trinajstić information content (AvgIpc) is 3.10. The molecule has 3 aromatic rings. The third-order valence-corrected chi connectivity index (χ3v) is 5.03. The van der Waals surface area contributed by atoms with Crippen molar-refractivity contribution < 1.29 is 14.3 Å². The Hall–Kier alpha value is -3.61. The van der Waals surface area contributed by atoms with Crippen LogP contribution in [-0.4, -0.2) is 28.5 Å². The number of nitrogens with one attached hydrogen (secondary N) is 2. The molecule has 0 radical (unpaired) electrons. The minimum absolute atomic E-state index is 0.0482. The van der Waals surface area contributed by atoms with E-state index in [1.54, 1.807) is 23.8 Å². The molecule has 1 amide bonds. The Morgan fingerprint density at radius 1 is 1.10 bits per heavy atom. The van der Waals surface area contributed by atoms with Crippen molar-refractivity contribution in [2.75, 3.05) is 7.11 Å². The number of benzene rings is 1. The molecule has 3 rings (SSSR count). The molecule has 0 saturated heterocycles. The highest BCUT2D eigenvalue weighted by molar-refractivity contribution is 6.00. The summed E-state index contributed by atoms with van der Waals surface area (Å²) in [5.74, 6) is -0.731. The van der Waals surface area contributed by atoms with Crippen molar-refractivity contribution in [3.05, 3.63) is 92.7 Å². The second-order valence-corrected chi connectivity index (χ2v) is 6.99. The lowest BCUT2D eigenvalue weighted by atomic mass is 10.1. The zero-order chi connectivity index (χ0) is 21.7. The number of nitrogens with zero attached hydrogens (tertiary/aromatic N) is 1. The molecule has 0 saturated carbocycles. The second-order valence-electron chi connectivity index (χ2n) is 6.99. The van der Waals surface area contributed by atoms with Gasteiger partial charge in [0.1, 0.15) is 5.69 Å². The SMILES string of the molecule is CCc1[nH]c(C(=O)NCc2ccc(Cn3ccccc3=O)cc2)c(C)c1C(=O)OC. The Labute approximate surface area is 174 Å². The molecule has 0 aliphatic heterocycles. The van der Waals surface area contributed by atoms with E-state index in [0.29, 0.717) is 42.0 Å². The number of H-pyrrole nitrogens is 1. The smallest absolute Gasteiger partial charge is 0.339 e. The first-order valence-electron chi connectivity index (χ1n) is 9.75. The van der Waals surface area contributed by atoms with Crippen LogP contribution < -0.4 is 10.9 Å². The van der Waals surface area contributed by atoms with Crippen LogP contribution in [-0.2, 0) is 24.2 Å². The number of amides is 1. The first kappa shape index (κ1) is 21.1. The van der Waals surface area contributed by atoms with Gasteiger partial charge in [-0.2, -0.15) is 0 Å². The molecule has 7 heteroatoms. The number of aryl methyl sites for hydroxylation is 1. The molecule has 156 valence electrons. The lowest BCUT2D eigenvalue weighted by Crippen LogP contribution is -2.24. The maximum absolute atomic E-state index is 12.6. The van der Waals surface area contributed by atoms with Gasteiger partial charge in [0, 0.05) is 24.5 Å².